The van der Waals surface area contributed by atoms with Crippen LogP contribution in [-0.4, -0.2) is 29.9 Å². The number of likely N-dealkylation sites (tertiary alicyclic amines) is 1. The second-order valence-corrected chi connectivity index (χ2v) is 6.24. The van der Waals surface area contributed by atoms with Gasteiger partial charge >= 0.3 is 0 Å². The highest BCUT2D eigenvalue weighted by Crippen LogP contribution is 2.19. The Morgan fingerprint density at radius 1 is 1.71 bits per heavy atom. The number of amides is 1. The van der Waals surface area contributed by atoms with E-state index in [0.717, 1.165) is 21.4 Å². The Morgan fingerprint density at radius 2 is 2.50 bits per heavy atom. The topological polar surface area (TPSA) is 46.3 Å². The second-order valence-electron chi connectivity index (χ2n) is 3.44. The molecule has 1 amide bonds. The normalized spacial score (nSPS) is 21.6. The molecule has 0 bridgehead atoms. The average molecular weight is 322 g/mol. The predicted molar refractivity (Wildman–Crippen MR) is 65.5 cm³/mol. The first-order valence-electron chi connectivity index (χ1n) is 4.45. The zero-order valence-corrected chi connectivity index (χ0v) is 10.5. The highest BCUT2D eigenvalue weighted by molar-refractivity contribution is 14.1. The molecule has 1 aromatic rings. The molecule has 0 unspecified atom stereocenters. The van der Waals surface area contributed by atoms with Crippen molar-refractivity contribution in [2.75, 3.05) is 13.1 Å². The number of thiophene rings is 1. The maximum Gasteiger partial charge on any atom is 0.254 e. The van der Waals surface area contributed by atoms with Gasteiger partial charge in [-0.25, -0.2) is 0 Å². The lowest BCUT2D eigenvalue weighted by Gasteiger charge is -2.14. The average Bonchev–Trinajstić information content (AvgIpc) is 2.73. The van der Waals surface area contributed by atoms with Crippen molar-refractivity contribution in [3.8, 4) is 0 Å². The lowest BCUT2D eigenvalue weighted by atomic mass is 10.3. The first-order chi connectivity index (χ1) is 6.66. The summed E-state index contributed by atoms with van der Waals surface area (Å²) >= 11 is 3.82. The van der Waals surface area contributed by atoms with Crippen LogP contribution in [0.4, 0.5) is 0 Å². The fourth-order valence-electron chi connectivity index (χ4n) is 1.58. The number of nitrogens with zero attached hydrogens (tertiary/aromatic N) is 1. The molecular formula is C9H11IN2OS. The van der Waals surface area contributed by atoms with Crippen molar-refractivity contribution >= 4 is 39.8 Å². The van der Waals surface area contributed by atoms with E-state index in [1.54, 1.807) is 11.3 Å². The minimum atomic E-state index is 0.122. The summed E-state index contributed by atoms with van der Waals surface area (Å²) in [5.41, 5.74) is 6.55. The van der Waals surface area contributed by atoms with Crippen molar-refractivity contribution in [1.29, 1.82) is 0 Å². The second kappa shape index (κ2) is 4.16. The Kier molecular flexibility index (Phi) is 3.08. The fraction of sp³-hybridized carbons (Fsp3) is 0.444. The molecule has 5 heteroatoms. The maximum absolute atomic E-state index is 11.9. The lowest BCUT2D eigenvalue weighted by Crippen LogP contribution is -2.31. The quantitative estimate of drug-likeness (QED) is 0.797. The maximum atomic E-state index is 11.9. The molecule has 0 saturated carbocycles. The highest BCUT2D eigenvalue weighted by atomic mass is 127. The number of carbonyl (C=O) groups is 1. The van der Waals surface area contributed by atoms with Crippen molar-refractivity contribution < 1.29 is 4.79 Å². The van der Waals surface area contributed by atoms with Gasteiger partial charge in [0, 0.05) is 24.5 Å². The van der Waals surface area contributed by atoms with Crippen LogP contribution in [0.15, 0.2) is 11.4 Å². The third-order valence-corrected chi connectivity index (χ3v) is 4.12. The predicted octanol–water partition coefficient (Wildman–Crippen LogP) is 1.53. The molecule has 14 heavy (non-hydrogen) atoms. The first kappa shape index (κ1) is 10.4. The first-order valence-corrected chi connectivity index (χ1v) is 6.41. The zero-order valence-electron chi connectivity index (χ0n) is 7.57. The van der Waals surface area contributed by atoms with Gasteiger partial charge < -0.3 is 10.6 Å². The summed E-state index contributed by atoms with van der Waals surface area (Å²) in [4.78, 5) is 13.7. The summed E-state index contributed by atoms with van der Waals surface area (Å²) in [6.07, 6.45) is 0.924. The van der Waals surface area contributed by atoms with E-state index in [9.17, 15) is 4.79 Å². The van der Waals surface area contributed by atoms with Gasteiger partial charge in [0.1, 0.15) is 0 Å². The molecule has 1 atom stereocenters. The summed E-state index contributed by atoms with van der Waals surface area (Å²) < 4.78 is 1.15. The van der Waals surface area contributed by atoms with E-state index in [1.165, 1.54) is 0 Å². The van der Waals surface area contributed by atoms with E-state index in [2.05, 4.69) is 22.6 Å². The fourth-order valence-corrected chi connectivity index (χ4v) is 2.90. The summed E-state index contributed by atoms with van der Waals surface area (Å²) in [5.74, 6) is 0.122. The summed E-state index contributed by atoms with van der Waals surface area (Å²) in [5, 5.41) is 1.91. The Hall–Kier alpha value is -0.140. The number of nitrogens with two attached hydrogens (primary N) is 1. The van der Waals surface area contributed by atoms with E-state index >= 15 is 0 Å². The molecule has 1 saturated heterocycles. The van der Waals surface area contributed by atoms with Crippen molar-refractivity contribution in [1.82, 2.24) is 4.90 Å². The molecule has 2 rings (SSSR count). The van der Waals surface area contributed by atoms with E-state index < -0.39 is 0 Å². The minimum absolute atomic E-state index is 0.122. The van der Waals surface area contributed by atoms with E-state index in [1.807, 2.05) is 16.3 Å². The van der Waals surface area contributed by atoms with Gasteiger partial charge in [-0.05, 0) is 35.1 Å². The van der Waals surface area contributed by atoms with Crippen molar-refractivity contribution in [3.05, 3.63) is 19.9 Å². The number of carbonyl (C=O) groups excluding carboxylic acids is 1. The van der Waals surface area contributed by atoms with Gasteiger partial charge in [0.05, 0.1) is 8.45 Å². The molecule has 0 aromatic carbocycles. The van der Waals surface area contributed by atoms with Crippen LogP contribution in [0.2, 0.25) is 0 Å². The number of hydrogen-bond donors (Lipinski definition) is 1. The van der Waals surface area contributed by atoms with Gasteiger partial charge in [0.15, 0.2) is 0 Å². The van der Waals surface area contributed by atoms with Gasteiger partial charge in [-0.1, -0.05) is 0 Å². The number of halogens is 1. The molecule has 3 nitrogen and oxygen atoms in total. The largest absolute Gasteiger partial charge is 0.337 e. The molecule has 0 radical (unpaired) electrons. The smallest absolute Gasteiger partial charge is 0.254 e. The molecule has 1 aliphatic rings. The molecule has 1 aliphatic heterocycles. The molecule has 0 spiro atoms. The Labute approximate surface area is 100 Å². The Bertz CT molecular complexity index is 352. The third-order valence-electron chi connectivity index (χ3n) is 2.33. The highest BCUT2D eigenvalue weighted by Gasteiger charge is 2.24. The van der Waals surface area contributed by atoms with Gasteiger partial charge in [-0.2, -0.15) is 0 Å². The van der Waals surface area contributed by atoms with Crippen LogP contribution < -0.4 is 5.73 Å². The van der Waals surface area contributed by atoms with E-state index in [0.29, 0.717) is 6.54 Å². The standard InChI is InChI=1S/C9H11IN2OS/c10-8-3-6(5-14-8)9(13)12-2-1-7(11)4-12/h3,5,7H,1-2,4,11H2/t7-/m1/s1. The zero-order chi connectivity index (χ0) is 10.1. The summed E-state index contributed by atoms with van der Waals surface area (Å²) in [6, 6.07) is 2.09. The Morgan fingerprint density at radius 3 is 3.00 bits per heavy atom. The molecule has 1 fully saturated rings. The molecule has 2 N–H and O–H groups in total. The molecular weight excluding hydrogens is 311 g/mol. The van der Waals surface area contributed by atoms with Crippen LogP contribution in [0.5, 0.6) is 0 Å². The van der Waals surface area contributed by atoms with Gasteiger partial charge in [-0.3, -0.25) is 4.79 Å². The Balaban J connectivity index is 2.09. The van der Waals surface area contributed by atoms with Crippen LogP contribution in [0.25, 0.3) is 0 Å². The molecule has 2 heterocycles. The monoisotopic (exact) mass is 322 g/mol. The van der Waals surface area contributed by atoms with Crippen LogP contribution in [0, 0.1) is 2.88 Å². The van der Waals surface area contributed by atoms with Gasteiger partial charge in [-0.15, -0.1) is 11.3 Å². The van der Waals surface area contributed by atoms with Gasteiger partial charge in [0.2, 0.25) is 0 Å². The number of hydrogen-bond acceptors (Lipinski definition) is 3. The van der Waals surface area contributed by atoms with E-state index in [-0.39, 0.29) is 11.9 Å². The third kappa shape index (κ3) is 2.09. The summed E-state index contributed by atoms with van der Waals surface area (Å²) in [7, 11) is 0. The van der Waals surface area contributed by atoms with Crippen molar-refractivity contribution in [2.24, 2.45) is 5.73 Å². The SMILES string of the molecule is N[C@@H]1CCN(C(=O)c2csc(I)c2)C1. The molecule has 76 valence electrons. The van der Waals surface area contributed by atoms with Crippen LogP contribution in [-0.2, 0) is 0 Å². The van der Waals surface area contributed by atoms with Crippen LogP contribution >= 0.6 is 33.9 Å². The minimum Gasteiger partial charge on any atom is -0.337 e. The number of rotatable bonds is 1. The van der Waals surface area contributed by atoms with Crippen LogP contribution in [0.1, 0.15) is 16.8 Å². The lowest BCUT2D eigenvalue weighted by molar-refractivity contribution is 0.0791. The van der Waals surface area contributed by atoms with E-state index in [4.69, 9.17) is 5.73 Å². The summed E-state index contributed by atoms with van der Waals surface area (Å²) in [6.45, 7) is 1.50. The molecule has 1 aromatic heterocycles. The molecule has 0 aliphatic carbocycles. The van der Waals surface area contributed by atoms with Crippen molar-refractivity contribution in [2.45, 2.75) is 12.5 Å². The van der Waals surface area contributed by atoms with Crippen LogP contribution in [0.3, 0.4) is 0 Å². The van der Waals surface area contributed by atoms with Gasteiger partial charge in [0.25, 0.3) is 5.91 Å². The van der Waals surface area contributed by atoms with Crippen molar-refractivity contribution in [3.63, 3.8) is 0 Å².